The number of aliphatic hydroxyl groups excluding tert-OH is 7. The van der Waals surface area contributed by atoms with E-state index in [0.717, 1.165) is 70.6 Å². The third kappa shape index (κ3) is 27.4. The largest absolute Gasteiger partial charge is 0.457 e. The minimum Gasteiger partial charge on any atom is -0.457 e. The first-order valence-electron chi connectivity index (χ1n) is 26.1. The van der Waals surface area contributed by atoms with Gasteiger partial charge in [-0.2, -0.15) is 0 Å². The molecule has 0 aromatic heterocycles. The fourth-order valence-electron chi connectivity index (χ4n) is 8.06. The van der Waals surface area contributed by atoms with Gasteiger partial charge in [0.05, 0.1) is 26.4 Å². The Morgan fingerprint density at radius 2 is 0.955 bits per heavy atom. The van der Waals surface area contributed by atoms with Crippen molar-refractivity contribution in [1.82, 2.24) is 0 Å². The van der Waals surface area contributed by atoms with Crippen LogP contribution in [-0.2, 0) is 33.2 Å². The minimum atomic E-state index is -1.71. The number of carbonyl (C=O) groups excluding carboxylic acids is 1. The van der Waals surface area contributed by atoms with E-state index < -0.39 is 80.7 Å². The van der Waals surface area contributed by atoms with Crippen molar-refractivity contribution in [3.05, 3.63) is 36.5 Å². The van der Waals surface area contributed by atoms with Crippen LogP contribution in [0.1, 0.15) is 187 Å². The molecule has 7 N–H and O–H groups in total. The highest BCUT2D eigenvalue weighted by Gasteiger charge is 2.47. The Hall–Kier alpha value is -1.79. The fourth-order valence-corrected chi connectivity index (χ4v) is 8.06. The molecule has 0 bridgehead atoms. The highest BCUT2D eigenvalue weighted by Crippen LogP contribution is 2.26. The van der Waals surface area contributed by atoms with Crippen molar-refractivity contribution in [2.75, 3.05) is 33.0 Å². The zero-order valence-electron chi connectivity index (χ0n) is 40.9. The molecule has 2 heterocycles. The van der Waals surface area contributed by atoms with Gasteiger partial charge in [0.15, 0.2) is 12.6 Å². The lowest BCUT2D eigenvalue weighted by Crippen LogP contribution is -2.61. The first kappa shape index (κ1) is 60.3. The third-order valence-corrected chi connectivity index (χ3v) is 12.4. The van der Waals surface area contributed by atoms with Gasteiger partial charge in [-0.25, -0.2) is 0 Å². The van der Waals surface area contributed by atoms with Crippen molar-refractivity contribution in [2.45, 2.75) is 255 Å². The van der Waals surface area contributed by atoms with Crippen LogP contribution >= 0.6 is 0 Å². The minimum absolute atomic E-state index is 0.0533. The summed E-state index contributed by atoms with van der Waals surface area (Å²) in [6, 6.07) is 0. The van der Waals surface area contributed by atoms with Crippen molar-refractivity contribution in [3.8, 4) is 0 Å². The van der Waals surface area contributed by atoms with Crippen LogP contribution in [0, 0.1) is 0 Å². The molecule has 2 aliphatic rings. The summed E-state index contributed by atoms with van der Waals surface area (Å²) in [5.41, 5.74) is 0. The maximum Gasteiger partial charge on any atom is 0.306 e. The van der Waals surface area contributed by atoms with E-state index in [2.05, 4.69) is 50.3 Å². The predicted octanol–water partition coefficient (Wildman–Crippen LogP) is 7.80. The first-order valence-corrected chi connectivity index (χ1v) is 26.1. The van der Waals surface area contributed by atoms with Gasteiger partial charge >= 0.3 is 5.97 Å². The van der Waals surface area contributed by atoms with Gasteiger partial charge in [-0.1, -0.05) is 153 Å². The van der Waals surface area contributed by atoms with Crippen LogP contribution in [0.5, 0.6) is 0 Å². The average Bonchev–Trinajstić information content (AvgIpc) is 3.31. The van der Waals surface area contributed by atoms with Crippen molar-refractivity contribution >= 4 is 5.97 Å². The summed E-state index contributed by atoms with van der Waals surface area (Å²) in [6.45, 7) is 3.62. The van der Waals surface area contributed by atoms with Gasteiger partial charge in [0.2, 0.25) is 0 Å². The molecule has 0 aromatic rings. The Morgan fingerprint density at radius 1 is 0.500 bits per heavy atom. The molecule has 11 atom stereocenters. The average molecular weight is 943 g/mol. The fraction of sp³-hybridized carbons (Fsp3) is 0.865. The molecule has 0 radical (unpaired) electrons. The normalized spacial score (nSPS) is 26.6. The number of unbranched alkanes of at least 4 members (excludes halogenated alkanes) is 21. The van der Waals surface area contributed by atoms with Crippen LogP contribution in [0.15, 0.2) is 36.5 Å². The molecule has 0 aromatic carbocycles. The van der Waals surface area contributed by atoms with Gasteiger partial charge in [0.25, 0.3) is 0 Å². The summed E-state index contributed by atoms with van der Waals surface area (Å²) in [6.07, 6.45) is 27.7. The molecular formula is C52H94O14. The van der Waals surface area contributed by atoms with Gasteiger partial charge in [-0.3, -0.25) is 4.79 Å². The summed E-state index contributed by atoms with van der Waals surface area (Å²) in [4.78, 5) is 13.0. The maximum atomic E-state index is 13.0. The van der Waals surface area contributed by atoms with Crippen molar-refractivity contribution < 1.29 is 69.0 Å². The SMILES string of the molecule is CCCC/C=C\C/C=C\CCCCCCCCOCC(COC1OC(COC2OC(CO)C(O)C(O)C2O)C(O)C(O)C1O)OC(=O)CCCCCCCCC/C=C\CCCCCCCC. The summed E-state index contributed by atoms with van der Waals surface area (Å²) < 4.78 is 34.3. The number of allylic oxidation sites excluding steroid dienone is 6. The Bertz CT molecular complexity index is 1230. The van der Waals surface area contributed by atoms with Crippen molar-refractivity contribution in [2.24, 2.45) is 0 Å². The number of aliphatic hydroxyl groups is 7. The maximum absolute atomic E-state index is 13.0. The van der Waals surface area contributed by atoms with E-state index in [9.17, 15) is 40.5 Å². The number of carbonyl (C=O) groups is 1. The molecular weight excluding hydrogens is 849 g/mol. The lowest BCUT2D eigenvalue weighted by Gasteiger charge is -2.42. The Labute approximate surface area is 398 Å². The third-order valence-electron chi connectivity index (χ3n) is 12.4. The van der Waals surface area contributed by atoms with Crippen LogP contribution in [-0.4, -0.2) is 142 Å². The molecule has 14 nitrogen and oxygen atoms in total. The summed E-state index contributed by atoms with van der Waals surface area (Å²) in [5, 5.41) is 72.1. The van der Waals surface area contributed by atoms with Gasteiger partial charge in [0, 0.05) is 13.0 Å². The Kier molecular flexibility index (Phi) is 36.6. The van der Waals surface area contributed by atoms with Crippen LogP contribution < -0.4 is 0 Å². The number of esters is 1. The zero-order valence-corrected chi connectivity index (χ0v) is 40.9. The molecule has 2 aliphatic heterocycles. The van der Waals surface area contributed by atoms with Gasteiger partial charge in [-0.05, 0) is 64.2 Å². The number of ether oxygens (including phenoxy) is 6. The molecule has 0 amide bonds. The van der Waals surface area contributed by atoms with E-state index in [4.69, 9.17) is 28.4 Å². The number of hydrogen-bond donors (Lipinski definition) is 7. The molecule has 2 rings (SSSR count). The lowest BCUT2D eigenvalue weighted by molar-refractivity contribution is -0.332. The van der Waals surface area contributed by atoms with Gasteiger partial charge < -0.3 is 64.2 Å². The Balaban J connectivity index is 1.77. The summed E-state index contributed by atoms with van der Waals surface area (Å²) in [7, 11) is 0. The molecule has 14 heteroatoms. The van der Waals surface area contributed by atoms with Crippen molar-refractivity contribution in [3.63, 3.8) is 0 Å². The van der Waals surface area contributed by atoms with E-state index in [-0.39, 0.29) is 25.6 Å². The highest BCUT2D eigenvalue weighted by atomic mass is 16.7. The molecule has 2 saturated heterocycles. The van der Waals surface area contributed by atoms with Crippen LogP contribution in [0.3, 0.4) is 0 Å². The second-order valence-electron chi connectivity index (χ2n) is 18.3. The summed E-state index contributed by atoms with van der Waals surface area (Å²) >= 11 is 0. The lowest BCUT2D eigenvalue weighted by atomic mass is 9.98. The number of hydrogen-bond acceptors (Lipinski definition) is 14. The second kappa shape index (κ2) is 40.0. The number of rotatable bonds is 41. The summed E-state index contributed by atoms with van der Waals surface area (Å²) in [5.74, 6) is -0.385. The van der Waals surface area contributed by atoms with Crippen LogP contribution in [0.25, 0.3) is 0 Å². The van der Waals surface area contributed by atoms with Gasteiger partial charge in [-0.15, -0.1) is 0 Å². The van der Waals surface area contributed by atoms with E-state index in [1.807, 2.05) is 0 Å². The van der Waals surface area contributed by atoms with Crippen molar-refractivity contribution in [1.29, 1.82) is 0 Å². The monoisotopic (exact) mass is 943 g/mol. The van der Waals surface area contributed by atoms with Gasteiger partial charge in [0.1, 0.15) is 54.9 Å². The molecule has 66 heavy (non-hydrogen) atoms. The molecule has 386 valence electrons. The topological polar surface area (TPSA) is 214 Å². The molecule has 0 spiro atoms. The predicted molar refractivity (Wildman–Crippen MR) is 256 cm³/mol. The smallest absolute Gasteiger partial charge is 0.306 e. The standard InChI is InChI=1S/C52H94O14/c1-3-5-7-9-11-13-15-17-19-20-21-23-25-27-29-31-33-35-44(54)64-41(38-61-36-34-32-30-28-26-24-22-18-16-14-12-10-8-6-4-2)39-62-51-50(60)48(58)46(56)43(66-51)40-63-52-49(59)47(57)45(55)42(37-53)65-52/h10,12,16-19,41-43,45-53,55-60H,3-9,11,13-15,20-40H2,1-2H3/b12-10-,18-16-,19-17-. The zero-order chi connectivity index (χ0) is 48.0. The second-order valence-corrected chi connectivity index (χ2v) is 18.3. The van der Waals surface area contributed by atoms with E-state index in [1.54, 1.807) is 0 Å². The van der Waals surface area contributed by atoms with E-state index in [0.29, 0.717) is 13.0 Å². The van der Waals surface area contributed by atoms with Crippen LogP contribution in [0.2, 0.25) is 0 Å². The van der Waals surface area contributed by atoms with E-state index >= 15 is 0 Å². The molecule has 0 aliphatic carbocycles. The van der Waals surface area contributed by atoms with E-state index in [1.165, 1.54) is 89.9 Å². The quantitative estimate of drug-likeness (QED) is 0.0177. The first-order chi connectivity index (χ1) is 32.1. The highest BCUT2D eigenvalue weighted by molar-refractivity contribution is 5.69. The van der Waals surface area contributed by atoms with Crippen LogP contribution in [0.4, 0.5) is 0 Å². The molecule has 0 saturated carbocycles. The molecule has 2 fully saturated rings. The molecule has 11 unspecified atom stereocenters. The Morgan fingerprint density at radius 3 is 1.52 bits per heavy atom.